The van der Waals surface area contributed by atoms with Gasteiger partial charge in [-0.15, -0.1) is 16.7 Å². The number of alkyl halides is 1. The third-order valence-electron chi connectivity index (χ3n) is 3.56. The largest absolute Gasteiger partial charge is 0.363 e. The number of nitrogens with two attached hydrogens (primary N) is 1. The summed E-state index contributed by atoms with van der Waals surface area (Å²) in [7, 11) is 0. The van der Waals surface area contributed by atoms with E-state index in [0.29, 0.717) is 21.3 Å². The molecule has 0 aliphatic rings. The lowest BCUT2D eigenvalue weighted by atomic mass is 10.0. The van der Waals surface area contributed by atoms with Gasteiger partial charge in [0.25, 0.3) is 5.91 Å². The van der Waals surface area contributed by atoms with Crippen molar-refractivity contribution in [2.45, 2.75) is 5.88 Å². The number of rotatable bonds is 5. The Morgan fingerprint density at radius 1 is 1.08 bits per heavy atom. The van der Waals surface area contributed by atoms with E-state index in [2.05, 4.69) is 10.1 Å². The summed E-state index contributed by atoms with van der Waals surface area (Å²) in [5, 5.41) is 4.71. The zero-order valence-corrected chi connectivity index (χ0v) is 15.4. The number of halogens is 3. The SMILES string of the molecule is NC(=O)c1nc(CCl)n(-c2ccc(Cl)cc2C(=O)c2ccccc2Cl)n1. The number of benzene rings is 2. The van der Waals surface area contributed by atoms with Gasteiger partial charge in [0.15, 0.2) is 5.78 Å². The number of nitrogens with zero attached hydrogens (tertiary/aromatic N) is 3. The maximum absolute atomic E-state index is 13.0. The molecule has 0 saturated carbocycles. The van der Waals surface area contributed by atoms with E-state index in [4.69, 9.17) is 40.5 Å². The molecule has 0 fully saturated rings. The van der Waals surface area contributed by atoms with Crippen molar-refractivity contribution >= 4 is 46.5 Å². The van der Waals surface area contributed by atoms with Crippen LogP contribution in [0.4, 0.5) is 0 Å². The number of ketones is 1. The molecule has 0 aliphatic carbocycles. The maximum Gasteiger partial charge on any atom is 0.288 e. The highest BCUT2D eigenvalue weighted by Crippen LogP contribution is 2.26. The van der Waals surface area contributed by atoms with Crippen LogP contribution in [0, 0.1) is 0 Å². The molecule has 0 spiro atoms. The lowest BCUT2D eigenvalue weighted by molar-refractivity contribution is 0.0989. The lowest BCUT2D eigenvalue weighted by Crippen LogP contribution is -2.14. The van der Waals surface area contributed by atoms with Crippen LogP contribution in [0.15, 0.2) is 42.5 Å². The highest BCUT2D eigenvalue weighted by molar-refractivity contribution is 6.35. The zero-order valence-electron chi connectivity index (χ0n) is 13.1. The molecule has 0 radical (unpaired) electrons. The second-order valence-electron chi connectivity index (χ2n) is 5.23. The van der Waals surface area contributed by atoms with Crippen molar-refractivity contribution in [3.05, 3.63) is 75.3 Å². The molecule has 6 nitrogen and oxygen atoms in total. The van der Waals surface area contributed by atoms with Gasteiger partial charge in [0.1, 0.15) is 5.82 Å². The molecule has 0 atom stereocenters. The van der Waals surface area contributed by atoms with Crippen molar-refractivity contribution in [1.82, 2.24) is 14.8 Å². The Morgan fingerprint density at radius 3 is 2.46 bits per heavy atom. The molecule has 26 heavy (non-hydrogen) atoms. The smallest absolute Gasteiger partial charge is 0.288 e. The molecule has 0 saturated heterocycles. The average Bonchev–Trinajstić information content (AvgIpc) is 3.06. The van der Waals surface area contributed by atoms with Crippen molar-refractivity contribution in [2.75, 3.05) is 0 Å². The van der Waals surface area contributed by atoms with E-state index in [1.807, 2.05) is 0 Å². The summed E-state index contributed by atoms with van der Waals surface area (Å²) in [5.74, 6) is -1.14. The Balaban J connectivity index is 2.21. The quantitative estimate of drug-likeness (QED) is 0.514. The minimum absolute atomic E-state index is 0.0391. The molecular weight excluding hydrogens is 399 g/mol. The molecule has 1 amide bonds. The lowest BCUT2D eigenvalue weighted by Gasteiger charge is -2.11. The Labute approximate surface area is 163 Å². The number of primary amides is 1. The molecule has 1 heterocycles. The van der Waals surface area contributed by atoms with Gasteiger partial charge in [-0.05, 0) is 30.3 Å². The standard InChI is InChI=1S/C17H11Cl3N4O2/c18-8-14-22-17(16(21)26)23-24(14)13-6-5-9(19)7-11(13)15(25)10-3-1-2-4-12(10)20/h1-7H,8H2,(H2,21,26). The molecule has 3 aromatic rings. The fourth-order valence-corrected chi connectivity index (χ4v) is 2.96. The highest BCUT2D eigenvalue weighted by Gasteiger charge is 2.22. The van der Waals surface area contributed by atoms with Crippen LogP contribution in [0.25, 0.3) is 5.69 Å². The van der Waals surface area contributed by atoms with Gasteiger partial charge in [0.05, 0.1) is 16.6 Å². The molecule has 2 N–H and O–H groups in total. The summed E-state index contributed by atoms with van der Waals surface area (Å²) < 4.78 is 1.30. The van der Waals surface area contributed by atoms with Gasteiger partial charge >= 0.3 is 0 Å². The summed E-state index contributed by atoms with van der Waals surface area (Å²) in [6.07, 6.45) is 0. The van der Waals surface area contributed by atoms with Crippen LogP contribution in [-0.4, -0.2) is 26.5 Å². The normalized spacial score (nSPS) is 10.7. The van der Waals surface area contributed by atoms with Crippen molar-refractivity contribution in [3.63, 3.8) is 0 Å². The fraction of sp³-hybridized carbons (Fsp3) is 0.0588. The highest BCUT2D eigenvalue weighted by atomic mass is 35.5. The number of carbonyl (C=O) groups excluding carboxylic acids is 2. The molecule has 9 heteroatoms. The van der Waals surface area contributed by atoms with Gasteiger partial charge < -0.3 is 5.73 Å². The molecule has 0 bridgehead atoms. The first-order valence-corrected chi connectivity index (χ1v) is 8.62. The summed E-state index contributed by atoms with van der Waals surface area (Å²) in [6.45, 7) is 0. The fourth-order valence-electron chi connectivity index (χ4n) is 2.39. The number of hydrogen-bond acceptors (Lipinski definition) is 4. The predicted octanol–water partition coefficient (Wildman–Crippen LogP) is 3.64. The molecule has 2 aromatic carbocycles. The Hall–Kier alpha value is -2.41. The molecule has 1 aromatic heterocycles. The van der Waals surface area contributed by atoms with Gasteiger partial charge in [0.2, 0.25) is 5.82 Å². The van der Waals surface area contributed by atoms with Gasteiger partial charge in [-0.2, -0.15) is 0 Å². The van der Waals surface area contributed by atoms with Crippen LogP contribution in [0.2, 0.25) is 10.0 Å². The topological polar surface area (TPSA) is 90.9 Å². The van der Waals surface area contributed by atoms with E-state index in [1.165, 1.54) is 10.7 Å². The number of carbonyl (C=O) groups is 2. The van der Waals surface area contributed by atoms with Crippen LogP contribution < -0.4 is 5.73 Å². The Kier molecular flexibility index (Phi) is 5.27. The van der Waals surface area contributed by atoms with Crippen LogP contribution in [-0.2, 0) is 5.88 Å². The first kappa shape index (κ1) is 18.4. The first-order valence-electron chi connectivity index (χ1n) is 7.33. The van der Waals surface area contributed by atoms with E-state index in [-0.39, 0.29) is 28.9 Å². The van der Waals surface area contributed by atoms with E-state index in [0.717, 1.165) is 0 Å². The maximum atomic E-state index is 13.0. The average molecular weight is 410 g/mol. The van der Waals surface area contributed by atoms with Crippen LogP contribution in [0.3, 0.4) is 0 Å². The van der Waals surface area contributed by atoms with Crippen LogP contribution >= 0.6 is 34.8 Å². The number of amides is 1. The van der Waals surface area contributed by atoms with Crippen molar-refractivity contribution in [3.8, 4) is 5.69 Å². The van der Waals surface area contributed by atoms with E-state index < -0.39 is 5.91 Å². The second kappa shape index (κ2) is 7.45. The predicted molar refractivity (Wildman–Crippen MR) is 99.3 cm³/mol. The van der Waals surface area contributed by atoms with Crippen LogP contribution in [0.1, 0.15) is 32.4 Å². The molecule has 3 rings (SSSR count). The van der Waals surface area contributed by atoms with Gasteiger partial charge in [-0.25, -0.2) is 9.67 Å². The van der Waals surface area contributed by atoms with Crippen LogP contribution in [0.5, 0.6) is 0 Å². The minimum atomic E-state index is -0.803. The number of hydrogen-bond donors (Lipinski definition) is 1. The third kappa shape index (κ3) is 3.44. The summed E-state index contributed by atoms with van der Waals surface area (Å²) >= 11 is 18.1. The van der Waals surface area contributed by atoms with E-state index in [1.54, 1.807) is 36.4 Å². The van der Waals surface area contributed by atoms with Gasteiger partial charge in [0, 0.05) is 16.1 Å². The summed E-state index contributed by atoms with van der Waals surface area (Å²) in [5.41, 5.74) is 6.13. The van der Waals surface area contributed by atoms with Crippen molar-refractivity contribution in [2.24, 2.45) is 5.73 Å². The van der Waals surface area contributed by atoms with Crippen molar-refractivity contribution < 1.29 is 9.59 Å². The minimum Gasteiger partial charge on any atom is -0.363 e. The monoisotopic (exact) mass is 408 g/mol. The summed E-state index contributed by atoms with van der Waals surface area (Å²) in [6, 6.07) is 11.3. The molecule has 0 aliphatic heterocycles. The van der Waals surface area contributed by atoms with Crippen molar-refractivity contribution in [1.29, 1.82) is 0 Å². The summed E-state index contributed by atoms with van der Waals surface area (Å²) in [4.78, 5) is 28.4. The second-order valence-corrected chi connectivity index (χ2v) is 6.34. The Morgan fingerprint density at radius 2 is 1.81 bits per heavy atom. The van der Waals surface area contributed by atoms with E-state index >= 15 is 0 Å². The Bertz CT molecular complexity index is 1020. The first-order chi connectivity index (χ1) is 12.4. The molecule has 132 valence electrons. The van der Waals surface area contributed by atoms with E-state index in [9.17, 15) is 9.59 Å². The van der Waals surface area contributed by atoms with Gasteiger partial charge in [-0.3, -0.25) is 9.59 Å². The molecule has 0 unspecified atom stereocenters. The zero-order chi connectivity index (χ0) is 18.8. The number of aromatic nitrogens is 3. The molecular formula is C17H11Cl3N4O2. The third-order valence-corrected chi connectivity index (χ3v) is 4.37. The van der Waals surface area contributed by atoms with Gasteiger partial charge in [-0.1, -0.05) is 35.3 Å².